The topological polar surface area (TPSA) is 62.1 Å². The maximum atomic E-state index is 4.83. The van der Waals surface area contributed by atoms with Gasteiger partial charge in [-0.2, -0.15) is 0 Å². The van der Waals surface area contributed by atoms with Gasteiger partial charge in [0, 0.05) is 78.0 Å². The molecule has 2 aromatic carbocycles. The fourth-order valence-electron chi connectivity index (χ4n) is 5.96. The van der Waals surface area contributed by atoms with Gasteiger partial charge in [0.15, 0.2) is 0 Å². The summed E-state index contributed by atoms with van der Waals surface area (Å²) in [4.78, 5) is 18.5. The molecule has 37 heavy (non-hydrogen) atoms. The number of likely N-dealkylation sites (tertiary alicyclic amines) is 1. The SMILES string of the molecule is Cc1cc(Nc2nccc(-c3ccc4c(ccn4-c4ccncc4)c3)n2)ccc1N1C[C@@H]2C[C@H]1CN2C. The van der Waals surface area contributed by atoms with Gasteiger partial charge in [-0.3, -0.25) is 9.88 Å². The highest BCUT2D eigenvalue weighted by molar-refractivity contribution is 5.86. The summed E-state index contributed by atoms with van der Waals surface area (Å²) < 4.78 is 2.17. The predicted molar refractivity (Wildman–Crippen MR) is 149 cm³/mol. The normalized spacial score (nSPS) is 19.1. The fourth-order valence-corrected chi connectivity index (χ4v) is 5.96. The molecule has 7 heteroatoms. The molecule has 2 atom stereocenters. The van der Waals surface area contributed by atoms with Crippen molar-refractivity contribution in [2.75, 3.05) is 30.4 Å². The first-order valence-corrected chi connectivity index (χ1v) is 12.8. The number of anilines is 3. The van der Waals surface area contributed by atoms with E-state index in [1.165, 1.54) is 17.7 Å². The Morgan fingerprint density at radius 1 is 0.892 bits per heavy atom. The zero-order valence-electron chi connectivity index (χ0n) is 21.0. The van der Waals surface area contributed by atoms with E-state index in [0.29, 0.717) is 18.0 Å². The Hall–Kier alpha value is -4.23. The molecule has 0 amide bonds. The maximum Gasteiger partial charge on any atom is 0.227 e. The molecule has 184 valence electrons. The van der Waals surface area contributed by atoms with Crippen LogP contribution in [-0.2, 0) is 0 Å². The number of hydrogen-bond donors (Lipinski definition) is 1. The lowest BCUT2D eigenvalue weighted by atomic mass is 10.1. The molecule has 7 nitrogen and oxygen atoms in total. The van der Waals surface area contributed by atoms with E-state index in [-0.39, 0.29) is 0 Å². The van der Waals surface area contributed by atoms with Crippen molar-refractivity contribution in [3.63, 3.8) is 0 Å². The number of rotatable bonds is 5. The molecule has 0 aliphatic carbocycles. The second-order valence-corrected chi connectivity index (χ2v) is 10.2. The Balaban J connectivity index is 1.12. The summed E-state index contributed by atoms with van der Waals surface area (Å²) in [6, 6.07) is 22.5. The molecule has 0 radical (unpaired) electrons. The molecule has 2 aliphatic heterocycles. The first kappa shape index (κ1) is 22.0. The molecule has 5 aromatic rings. The number of likely N-dealkylation sites (N-methyl/N-ethyl adjacent to an activating group) is 1. The van der Waals surface area contributed by atoms with E-state index in [1.54, 1.807) is 0 Å². The minimum atomic E-state index is 0.598. The van der Waals surface area contributed by atoms with Crippen LogP contribution in [-0.4, -0.2) is 56.6 Å². The number of pyridine rings is 1. The van der Waals surface area contributed by atoms with Gasteiger partial charge in [0.25, 0.3) is 0 Å². The average molecular weight is 488 g/mol. The van der Waals surface area contributed by atoms with Crippen molar-refractivity contribution in [2.24, 2.45) is 0 Å². The van der Waals surface area contributed by atoms with Crippen molar-refractivity contribution in [1.82, 2.24) is 24.4 Å². The smallest absolute Gasteiger partial charge is 0.227 e. The number of hydrogen-bond acceptors (Lipinski definition) is 6. The number of benzene rings is 2. The van der Waals surface area contributed by atoms with E-state index in [9.17, 15) is 0 Å². The van der Waals surface area contributed by atoms with Crippen LogP contribution in [0.25, 0.3) is 27.8 Å². The van der Waals surface area contributed by atoms with E-state index in [2.05, 4.69) is 92.3 Å². The molecule has 7 rings (SSSR count). The molecule has 1 N–H and O–H groups in total. The Kier molecular flexibility index (Phi) is 5.18. The van der Waals surface area contributed by atoms with Crippen LogP contribution in [0.4, 0.5) is 17.3 Å². The zero-order chi connectivity index (χ0) is 24.9. The highest BCUT2D eigenvalue weighted by Crippen LogP contribution is 2.36. The van der Waals surface area contributed by atoms with Gasteiger partial charge in [0.05, 0.1) is 11.2 Å². The van der Waals surface area contributed by atoms with E-state index >= 15 is 0 Å². The minimum Gasteiger partial charge on any atom is -0.365 e. The van der Waals surface area contributed by atoms with Crippen LogP contribution >= 0.6 is 0 Å². The lowest BCUT2D eigenvalue weighted by Gasteiger charge is -2.34. The number of aryl methyl sites for hydroxylation is 1. The Bertz CT molecular complexity index is 1590. The van der Waals surface area contributed by atoms with Gasteiger partial charge in [-0.05, 0) is 80.6 Å². The molecular formula is C30H29N7. The van der Waals surface area contributed by atoms with E-state index < -0.39 is 0 Å². The first-order chi connectivity index (χ1) is 18.1. The number of piperazine rings is 1. The quantitative estimate of drug-likeness (QED) is 0.357. The van der Waals surface area contributed by atoms with Gasteiger partial charge in [0.1, 0.15) is 0 Å². The van der Waals surface area contributed by atoms with Crippen molar-refractivity contribution in [1.29, 1.82) is 0 Å². The van der Waals surface area contributed by atoms with Gasteiger partial charge < -0.3 is 14.8 Å². The molecular weight excluding hydrogens is 458 g/mol. The summed E-state index contributed by atoms with van der Waals surface area (Å²) in [7, 11) is 2.24. The number of nitrogens with one attached hydrogen (secondary N) is 1. The van der Waals surface area contributed by atoms with Crippen molar-refractivity contribution in [3.8, 4) is 16.9 Å². The van der Waals surface area contributed by atoms with Crippen LogP contribution in [0, 0.1) is 6.92 Å². The Morgan fingerprint density at radius 3 is 2.57 bits per heavy atom. The van der Waals surface area contributed by atoms with Crippen LogP contribution in [0.3, 0.4) is 0 Å². The largest absolute Gasteiger partial charge is 0.365 e. The van der Waals surface area contributed by atoms with Crippen LogP contribution in [0.1, 0.15) is 12.0 Å². The summed E-state index contributed by atoms with van der Waals surface area (Å²) in [6.45, 7) is 4.47. The third kappa shape index (κ3) is 3.92. The molecule has 0 spiro atoms. The van der Waals surface area contributed by atoms with Crippen LogP contribution < -0.4 is 10.2 Å². The third-order valence-electron chi connectivity index (χ3n) is 7.86. The molecule has 0 saturated carbocycles. The van der Waals surface area contributed by atoms with Gasteiger partial charge in [-0.15, -0.1) is 0 Å². The van der Waals surface area contributed by atoms with Crippen molar-refractivity contribution < 1.29 is 0 Å². The van der Waals surface area contributed by atoms with E-state index in [0.717, 1.165) is 46.6 Å². The van der Waals surface area contributed by atoms with Crippen molar-refractivity contribution >= 4 is 28.2 Å². The second kappa shape index (κ2) is 8.71. The highest BCUT2D eigenvalue weighted by atomic mass is 15.3. The molecule has 2 bridgehead atoms. The highest BCUT2D eigenvalue weighted by Gasteiger charge is 2.41. The molecule has 2 aliphatic rings. The zero-order valence-corrected chi connectivity index (χ0v) is 21.0. The Morgan fingerprint density at radius 2 is 1.78 bits per heavy atom. The van der Waals surface area contributed by atoms with E-state index in [4.69, 9.17) is 4.98 Å². The monoisotopic (exact) mass is 487 g/mol. The lowest BCUT2D eigenvalue weighted by molar-refractivity contribution is 0.292. The molecule has 2 fully saturated rings. The number of fused-ring (bicyclic) bond motifs is 3. The second-order valence-electron chi connectivity index (χ2n) is 10.2. The van der Waals surface area contributed by atoms with Crippen LogP contribution in [0.5, 0.6) is 0 Å². The van der Waals surface area contributed by atoms with Crippen molar-refractivity contribution in [2.45, 2.75) is 25.4 Å². The molecule has 5 heterocycles. The standard InChI is InChI=1S/C30H29N7/c1-20-15-23(4-6-28(20)37-19-25-17-26(37)18-35(25)2)33-30-32-13-9-27(34-30)21-3-5-29-22(16-21)10-14-36(29)24-7-11-31-12-8-24/h3-16,25-26H,17-19H2,1-2H3,(H,32,33,34)/t25-,26-/m0/s1. The van der Waals surface area contributed by atoms with E-state index in [1.807, 2.05) is 36.8 Å². The average Bonchev–Trinajstić information content (AvgIpc) is 3.63. The summed E-state index contributed by atoms with van der Waals surface area (Å²) >= 11 is 0. The van der Waals surface area contributed by atoms with Crippen LogP contribution in [0.2, 0.25) is 0 Å². The summed E-state index contributed by atoms with van der Waals surface area (Å²) in [5.74, 6) is 0.598. The van der Waals surface area contributed by atoms with Crippen LogP contribution in [0.15, 0.2) is 85.5 Å². The predicted octanol–water partition coefficient (Wildman–Crippen LogP) is 5.43. The minimum absolute atomic E-state index is 0.598. The maximum absolute atomic E-state index is 4.83. The van der Waals surface area contributed by atoms with Crippen molar-refractivity contribution in [3.05, 3.63) is 91.0 Å². The number of nitrogens with zero attached hydrogens (tertiary/aromatic N) is 6. The molecule has 3 aromatic heterocycles. The summed E-state index contributed by atoms with van der Waals surface area (Å²) in [6.07, 6.45) is 8.81. The third-order valence-corrected chi connectivity index (χ3v) is 7.86. The summed E-state index contributed by atoms with van der Waals surface area (Å²) in [5, 5.41) is 4.58. The summed E-state index contributed by atoms with van der Waals surface area (Å²) in [5.41, 5.74) is 7.82. The van der Waals surface area contributed by atoms with Gasteiger partial charge in [0.2, 0.25) is 5.95 Å². The molecule has 2 saturated heterocycles. The first-order valence-electron chi connectivity index (χ1n) is 12.8. The van der Waals surface area contributed by atoms with Gasteiger partial charge >= 0.3 is 0 Å². The Labute approximate surface area is 216 Å². The molecule has 0 unspecified atom stereocenters. The lowest BCUT2D eigenvalue weighted by Crippen LogP contribution is -2.44. The van der Waals surface area contributed by atoms with Gasteiger partial charge in [-0.25, -0.2) is 9.97 Å². The number of aromatic nitrogens is 4. The fraction of sp³-hybridized carbons (Fsp3) is 0.233. The van der Waals surface area contributed by atoms with Gasteiger partial charge in [-0.1, -0.05) is 6.07 Å².